The molecule has 0 amide bonds. The molecular formula is C11H11F2NO. The van der Waals surface area contributed by atoms with E-state index >= 15 is 0 Å². The summed E-state index contributed by atoms with van der Waals surface area (Å²) >= 11 is 0. The maximum atomic E-state index is 13.0. The Morgan fingerprint density at radius 2 is 2.00 bits per heavy atom. The summed E-state index contributed by atoms with van der Waals surface area (Å²) in [7, 11) is 0. The average molecular weight is 211 g/mol. The summed E-state index contributed by atoms with van der Waals surface area (Å²) in [5.41, 5.74) is 0. The van der Waals surface area contributed by atoms with E-state index in [0.717, 1.165) is 12.1 Å². The summed E-state index contributed by atoms with van der Waals surface area (Å²) in [6.45, 7) is 1.01. The van der Waals surface area contributed by atoms with Crippen molar-refractivity contribution in [2.24, 2.45) is 0 Å². The third kappa shape index (κ3) is 3.56. The van der Waals surface area contributed by atoms with Crippen molar-refractivity contribution in [3.63, 3.8) is 0 Å². The van der Waals surface area contributed by atoms with Crippen molar-refractivity contribution in [2.45, 2.75) is 0 Å². The predicted octanol–water partition coefficient (Wildman–Crippen LogP) is 1.57. The van der Waals surface area contributed by atoms with Crippen molar-refractivity contribution >= 4 is 0 Å². The van der Waals surface area contributed by atoms with E-state index in [0.29, 0.717) is 13.1 Å². The molecule has 2 nitrogen and oxygen atoms in total. The monoisotopic (exact) mass is 211 g/mol. The average Bonchev–Trinajstić information content (AvgIpc) is 2.21. The number of hydrogen-bond acceptors (Lipinski definition) is 2. The molecule has 0 atom stereocenters. The van der Waals surface area contributed by atoms with Gasteiger partial charge in [-0.1, -0.05) is 12.0 Å². The molecule has 0 radical (unpaired) electrons. The van der Waals surface area contributed by atoms with Crippen molar-refractivity contribution in [1.29, 1.82) is 0 Å². The first kappa shape index (κ1) is 11.5. The lowest BCUT2D eigenvalue weighted by Gasteiger charge is -2.07. The molecule has 0 aliphatic rings. The van der Waals surface area contributed by atoms with Crippen LogP contribution in [0.15, 0.2) is 18.2 Å². The summed E-state index contributed by atoms with van der Waals surface area (Å²) < 4.78 is 30.9. The second-order valence-corrected chi connectivity index (χ2v) is 2.78. The van der Waals surface area contributed by atoms with E-state index in [4.69, 9.17) is 11.2 Å². The van der Waals surface area contributed by atoms with E-state index in [1.807, 2.05) is 0 Å². The second kappa shape index (κ2) is 5.99. The van der Waals surface area contributed by atoms with Gasteiger partial charge in [-0.15, -0.1) is 6.42 Å². The van der Waals surface area contributed by atoms with Gasteiger partial charge in [0.2, 0.25) is 0 Å². The number of nitrogens with one attached hydrogen (secondary N) is 1. The Balaban J connectivity index is 2.41. The van der Waals surface area contributed by atoms with Gasteiger partial charge in [0.05, 0.1) is 6.54 Å². The first-order chi connectivity index (χ1) is 7.25. The fourth-order valence-electron chi connectivity index (χ4n) is 1.01. The molecular weight excluding hydrogens is 200 g/mol. The summed E-state index contributed by atoms with van der Waals surface area (Å²) in [5.74, 6) is 0.623. The Hall–Kier alpha value is -1.60. The highest BCUT2D eigenvalue weighted by molar-refractivity contribution is 5.25. The van der Waals surface area contributed by atoms with Crippen LogP contribution in [0.5, 0.6) is 5.75 Å². The van der Waals surface area contributed by atoms with Crippen LogP contribution in [-0.4, -0.2) is 19.7 Å². The van der Waals surface area contributed by atoms with Gasteiger partial charge in [0.25, 0.3) is 0 Å². The van der Waals surface area contributed by atoms with E-state index in [9.17, 15) is 8.78 Å². The van der Waals surface area contributed by atoms with Crippen molar-refractivity contribution < 1.29 is 13.5 Å². The van der Waals surface area contributed by atoms with Gasteiger partial charge in [-0.05, 0) is 12.1 Å². The lowest BCUT2D eigenvalue weighted by Crippen LogP contribution is -2.21. The van der Waals surface area contributed by atoms with Gasteiger partial charge >= 0.3 is 0 Å². The molecule has 0 spiro atoms. The molecule has 15 heavy (non-hydrogen) atoms. The fourth-order valence-corrected chi connectivity index (χ4v) is 1.01. The Bertz CT molecular complexity index is 340. The smallest absolute Gasteiger partial charge is 0.190 e. The van der Waals surface area contributed by atoms with E-state index in [1.54, 1.807) is 0 Å². The zero-order valence-electron chi connectivity index (χ0n) is 8.09. The van der Waals surface area contributed by atoms with Crippen LogP contribution in [0.1, 0.15) is 0 Å². The van der Waals surface area contributed by atoms with Crippen LogP contribution in [0.25, 0.3) is 0 Å². The van der Waals surface area contributed by atoms with E-state index in [-0.39, 0.29) is 12.4 Å². The van der Waals surface area contributed by atoms with Crippen LogP contribution in [0.2, 0.25) is 0 Å². The number of terminal acetylenes is 1. The van der Waals surface area contributed by atoms with Gasteiger partial charge in [0.1, 0.15) is 6.61 Å². The van der Waals surface area contributed by atoms with Gasteiger partial charge in [-0.3, -0.25) is 0 Å². The predicted molar refractivity (Wildman–Crippen MR) is 53.6 cm³/mol. The third-order valence-electron chi connectivity index (χ3n) is 1.67. The highest BCUT2D eigenvalue weighted by Gasteiger charge is 2.08. The maximum absolute atomic E-state index is 13.0. The number of para-hydroxylation sites is 1. The highest BCUT2D eigenvalue weighted by atomic mass is 19.1. The van der Waals surface area contributed by atoms with Gasteiger partial charge in [-0.25, -0.2) is 8.78 Å². The van der Waals surface area contributed by atoms with Crippen LogP contribution in [0, 0.1) is 24.0 Å². The number of ether oxygens (including phenoxy) is 1. The highest BCUT2D eigenvalue weighted by Crippen LogP contribution is 2.20. The molecule has 0 saturated heterocycles. The summed E-state index contributed by atoms with van der Waals surface area (Å²) in [6.07, 6.45) is 5.00. The molecule has 1 N–H and O–H groups in total. The third-order valence-corrected chi connectivity index (χ3v) is 1.67. The number of rotatable bonds is 5. The van der Waals surface area contributed by atoms with Crippen molar-refractivity contribution in [2.75, 3.05) is 19.7 Å². The maximum Gasteiger partial charge on any atom is 0.190 e. The molecule has 0 aliphatic carbocycles. The van der Waals surface area contributed by atoms with Gasteiger partial charge in [0, 0.05) is 6.54 Å². The van der Waals surface area contributed by atoms with Gasteiger partial charge in [0.15, 0.2) is 17.4 Å². The van der Waals surface area contributed by atoms with Crippen LogP contribution >= 0.6 is 0 Å². The molecule has 1 rings (SSSR count). The summed E-state index contributed by atoms with van der Waals surface area (Å²) in [6, 6.07) is 3.58. The molecule has 4 heteroatoms. The molecule has 0 bridgehead atoms. The van der Waals surface area contributed by atoms with Crippen LogP contribution in [0.3, 0.4) is 0 Å². The normalized spacial score (nSPS) is 9.67. The Kier molecular flexibility index (Phi) is 4.58. The van der Waals surface area contributed by atoms with Crippen LogP contribution in [-0.2, 0) is 0 Å². The minimum absolute atomic E-state index is 0.166. The Morgan fingerprint density at radius 1 is 1.33 bits per heavy atom. The number of halogens is 2. The first-order valence-electron chi connectivity index (χ1n) is 4.46. The first-order valence-corrected chi connectivity index (χ1v) is 4.46. The topological polar surface area (TPSA) is 21.3 Å². The minimum Gasteiger partial charge on any atom is -0.486 e. The zero-order chi connectivity index (χ0) is 11.1. The Morgan fingerprint density at radius 3 is 2.60 bits per heavy atom. The molecule has 0 fully saturated rings. The molecule has 1 aromatic rings. The van der Waals surface area contributed by atoms with E-state index in [1.165, 1.54) is 6.07 Å². The molecule has 1 aromatic carbocycles. The van der Waals surface area contributed by atoms with Gasteiger partial charge in [-0.2, -0.15) is 0 Å². The molecule has 0 heterocycles. The molecule has 0 aliphatic heterocycles. The standard InChI is InChI=1S/C11H11F2NO/c1-2-6-14-7-8-15-11-9(12)4-3-5-10(11)13/h1,3-5,14H,6-8H2. The van der Waals surface area contributed by atoms with E-state index < -0.39 is 11.6 Å². The van der Waals surface area contributed by atoms with Crippen molar-refractivity contribution in [1.82, 2.24) is 5.32 Å². The molecule has 0 unspecified atom stereocenters. The molecule has 0 aromatic heterocycles. The fraction of sp³-hybridized carbons (Fsp3) is 0.273. The quantitative estimate of drug-likeness (QED) is 0.589. The SMILES string of the molecule is C#CCNCCOc1c(F)cccc1F. The van der Waals surface area contributed by atoms with Crippen LogP contribution in [0.4, 0.5) is 8.78 Å². The van der Waals surface area contributed by atoms with Crippen molar-refractivity contribution in [3.05, 3.63) is 29.8 Å². The van der Waals surface area contributed by atoms with Crippen molar-refractivity contribution in [3.8, 4) is 18.1 Å². The second-order valence-electron chi connectivity index (χ2n) is 2.78. The summed E-state index contributed by atoms with van der Waals surface area (Å²) in [5, 5.41) is 2.84. The number of benzene rings is 1. The molecule has 80 valence electrons. The number of hydrogen-bond donors (Lipinski definition) is 1. The molecule has 0 saturated carbocycles. The Labute approximate surface area is 87.2 Å². The van der Waals surface area contributed by atoms with E-state index in [2.05, 4.69) is 11.2 Å². The largest absolute Gasteiger partial charge is 0.486 e. The van der Waals surface area contributed by atoms with Crippen LogP contribution < -0.4 is 10.1 Å². The lowest BCUT2D eigenvalue weighted by molar-refractivity contribution is 0.285. The van der Waals surface area contributed by atoms with Gasteiger partial charge < -0.3 is 10.1 Å². The zero-order valence-corrected chi connectivity index (χ0v) is 8.09. The minimum atomic E-state index is -0.702. The lowest BCUT2D eigenvalue weighted by atomic mass is 10.3. The summed E-state index contributed by atoms with van der Waals surface area (Å²) in [4.78, 5) is 0.